The van der Waals surface area contributed by atoms with Crippen LogP contribution in [0.1, 0.15) is 92.1 Å². The molecule has 1 fully saturated rings. The molecule has 1 aromatic carbocycles. The maximum atomic E-state index is 14.0. The fraction of sp³-hybridized carbons (Fsp3) is 0.636. The molecule has 0 spiro atoms. The molecule has 6 atom stereocenters. The number of aromatic amines is 1. The molecule has 0 aliphatic heterocycles. The zero-order valence-corrected chi connectivity index (χ0v) is 29.0. The minimum absolute atomic E-state index is 0.128. The van der Waals surface area contributed by atoms with Gasteiger partial charge in [0.25, 0.3) is 0 Å². The predicted octanol–water partition coefficient (Wildman–Crippen LogP) is 4.79. The van der Waals surface area contributed by atoms with Crippen molar-refractivity contribution in [2.45, 2.75) is 127 Å². The SMILES string of the molecule is CC[C@H](C)[C@H](NC(=O)[C@H](C)N(C(=O)OC(C)(C)C)C1CCCCC1)C(=O)[AsH][C@@H](Cc1c[nH]c2ccccc12)C(O)CC(=O)O. The molecule has 0 bridgehead atoms. The van der Waals surface area contributed by atoms with Gasteiger partial charge in [-0.05, 0) is 0 Å². The van der Waals surface area contributed by atoms with Gasteiger partial charge < -0.3 is 0 Å². The Bertz CT molecular complexity index is 1280. The van der Waals surface area contributed by atoms with Gasteiger partial charge in [-0.2, -0.15) is 0 Å². The Morgan fingerprint density at radius 2 is 1.77 bits per heavy atom. The number of hydrogen-bond donors (Lipinski definition) is 4. The average Bonchev–Trinajstić information content (AvgIpc) is 3.37. The predicted molar refractivity (Wildman–Crippen MR) is 172 cm³/mol. The van der Waals surface area contributed by atoms with E-state index >= 15 is 0 Å². The van der Waals surface area contributed by atoms with E-state index in [9.17, 15) is 29.4 Å². The van der Waals surface area contributed by atoms with Crippen LogP contribution in [-0.2, 0) is 25.5 Å². The standard InChI is InChI=1S/C33H50AsN3O7/c1-7-20(2)29(36-31(42)21(3)37(23-13-9-8-10-14-23)32(43)44-33(4,5)6)30(41)34-25(27(38)18-28(39)40)17-22-19-35-26-16-12-11-15-24(22)26/h11-12,15-16,19-21,23,25,27,29,34-35,38H,7-10,13-14,17-18H2,1-6H3,(H,36,42)(H,39,40)/t20-,21-,25-,27?,29-/m0/s1. The Kier molecular flexibility index (Phi) is 12.9. The van der Waals surface area contributed by atoms with Crippen LogP contribution >= 0.6 is 0 Å². The van der Waals surface area contributed by atoms with E-state index in [1.807, 2.05) is 44.3 Å². The van der Waals surface area contributed by atoms with E-state index in [1.54, 1.807) is 32.6 Å². The zero-order chi connectivity index (χ0) is 32.6. The number of carbonyl (C=O) groups excluding carboxylic acids is 3. The van der Waals surface area contributed by atoms with Gasteiger partial charge in [-0.25, -0.2) is 0 Å². The third-order valence-electron chi connectivity index (χ3n) is 8.45. The second kappa shape index (κ2) is 15.9. The van der Waals surface area contributed by atoms with Crippen LogP contribution < -0.4 is 5.32 Å². The average molecular weight is 676 g/mol. The molecule has 2 unspecified atom stereocenters. The number of rotatable bonds is 14. The quantitative estimate of drug-likeness (QED) is 0.211. The molecule has 44 heavy (non-hydrogen) atoms. The Labute approximate surface area is 267 Å². The second-order valence-corrected chi connectivity index (χ2v) is 16.3. The van der Waals surface area contributed by atoms with Crippen LogP contribution in [0.2, 0.25) is 4.71 Å². The van der Waals surface area contributed by atoms with Crippen molar-refractivity contribution >= 4 is 49.2 Å². The van der Waals surface area contributed by atoms with Crippen LogP contribution in [0.5, 0.6) is 0 Å². The molecule has 2 aromatic rings. The Hall–Kier alpha value is -2.84. The van der Waals surface area contributed by atoms with Crippen LogP contribution in [0.25, 0.3) is 10.9 Å². The van der Waals surface area contributed by atoms with Crippen LogP contribution in [0.4, 0.5) is 4.79 Å². The van der Waals surface area contributed by atoms with E-state index in [1.165, 1.54) is 0 Å². The normalized spacial score (nSPS) is 18.0. The number of aliphatic hydroxyl groups excluding tert-OH is 1. The number of ether oxygens (including phenoxy) is 1. The van der Waals surface area contributed by atoms with Gasteiger partial charge in [-0.3, -0.25) is 0 Å². The molecule has 244 valence electrons. The molecule has 1 heterocycles. The number of para-hydroxylation sites is 1. The van der Waals surface area contributed by atoms with Crippen LogP contribution in [0.3, 0.4) is 0 Å². The number of carboxylic acid groups (broad SMARTS) is 1. The summed E-state index contributed by atoms with van der Waals surface area (Å²) >= 11 is -1.60. The molecule has 0 radical (unpaired) electrons. The molecule has 1 aliphatic carbocycles. The number of aliphatic hydroxyl groups is 1. The van der Waals surface area contributed by atoms with Crippen molar-refractivity contribution in [1.29, 1.82) is 0 Å². The first-order valence-corrected chi connectivity index (χ1v) is 18.0. The summed E-state index contributed by atoms with van der Waals surface area (Å²) in [6.45, 7) is 10.9. The molecule has 2 amide bonds. The molecule has 1 aliphatic rings. The summed E-state index contributed by atoms with van der Waals surface area (Å²) in [5, 5.41) is 24.3. The number of amides is 2. The third-order valence-corrected chi connectivity index (χ3v) is 11.7. The third kappa shape index (κ3) is 9.83. The number of nitrogens with one attached hydrogen (secondary N) is 2. The van der Waals surface area contributed by atoms with E-state index in [2.05, 4.69) is 10.3 Å². The monoisotopic (exact) mass is 675 g/mol. The maximum absolute atomic E-state index is 14.0. The van der Waals surface area contributed by atoms with E-state index in [-0.39, 0.29) is 16.5 Å². The van der Waals surface area contributed by atoms with Crippen molar-refractivity contribution in [3.63, 3.8) is 0 Å². The topological polar surface area (TPSA) is 149 Å². The Morgan fingerprint density at radius 3 is 2.39 bits per heavy atom. The van der Waals surface area contributed by atoms with Crippen LogP contribution in [0.15, 0.2) is 30.5 Å². The Balaban J connectivity index is 1.83. The number of aromatic nitrogens is 1. The molecule has 1 saturated carbocycles. The number of benzene rings is 1. The molecule has 11 heteroatoms. The van der Waals surface area contributed by atoms with E-state index in [0.717, 1.165) is 48.6 Å². The number of nitrogens with zero attached hydrogens (tertiary/aromatic N) is 1. The van der Waals surface area contributed by atoms with Crippen LogP contribution in [-0.4, -0.2) is 88.2 Å². The molecular formula is C33H50AsN3O7. The van der Waals surface area contributed by atoms with Gasteiger partial charge in [-0.15, -0.1) is 0 Å². The van der Waals surface area contributed by atoms with Gasteiger partial charge in [0.2, 0.25) is 0 Å². The van der Waals surface area contributed by atoms with Gasteiger partial charge in [-0.1, -0.05) is 0 Å². The first kappa shape index (κ1) is 35.6. The summed E-state index contributed by atoms with van der Waals surface area (Å²) < 4.78 is 4.99. The fourth-order valence-corrected chi connectivity index (χ4v) is 9.03. The van der Waals surface area contributed by atoms with E-state index in [4.69, 9.17) is 4.74 Å². The number of carbonyl (C=O) groups is 4. The summed E-state index contributed by atoms with van der Waals surface area (Å²) in [5.41, 5.74) is 1.10. The first-order chi connectivity index (χ1) is 20.7. The molecule has 3 rings (SSSR count). The van der Waals surface area contributed by atoms with Gasteiger partial charge in [0, 0.05) is 0 Å². The molecule has 4 N–H and O–H groups in total. The minimum atomic E-state index is -1.60. The summed E-state index contributed by atoms with van der Waals surface area (Å²) in [7, 11) is 0. The number of fused-ring (bicyclic) bond motifs is 1. The fourth-order valence-electron chi connectivity index (χ4n) is 5.81. The van der Waals surface area contributed by atoms with Crippen LogP contribution in [0, 0.1) is 5.92 Å². The van der Waals surface area contributed by atoms with Crippen molar-refractivity contribution in [1.82, 2.24) is 15.2 Å². The van der Waals surface area contributed by atoms with Gasteiger partial charge >= 0.3 is 268 Å². The van der Waals surface area contributed by atoms with Crippen molar-refractivity contribution < 1.29 is 34.1 Å². The summed E-state index contributed by atoms with van der Waals surface area (Å²) in [5.74, 6) is -1.76. The number of carboxylic acids is 1. The van der Waals surface area contributed by atoms with Crippen molar-refractivity contribution in [2.24, 2.45) is 5.92 Å². The molecule has 10 nitrogen and oxygen atoms in total. The van der Waals surface area contributed by atoms with Crippen molar-refractivity contribution in [3.8, 4) is 0 Å². The van der Waals surface area contributed by atoms with Gasteiger partial charge in [0.1, 0.15) is 0 Å². The van der Waals surface area contributed by atoms with Crippen molar-refractivity contribution in [3.05, 3.63) is 36.0 Å². The number of H-pyrrole nitrogens is 1. The summed E-state index contributed by atoms with van der Waals surface area (Å²) in [6, 6.07) is 5.92. The molecular weight excluding hydrogens is 625 g/mol. The van der Waals surface area contributed by atoms with Gasteiger partial charge in [0.15, 0.2) is 0 Å². The first-order valence-electron chi connectivity index (χ1n) is 15.8. The number of aliphatic carboxylic acids is 1. The summed E-state index contributed by atoms with van der Waals surface area (Å²) in [4.78, 5) is 57.4. The number of hydrogen-bond acceptors (Lipinski definition) is 6. The Morgan fingerprint density at radius 1 is 1.11 bits per heavy atom. The van der Waals surface area contributed by atoms with E-state index < -0.39 is 68.6 Å². The second-order valence-electron chi connectivity index (χ2n) is 13.1. The summed E-state index contributed by atoms with van der Waals surface area (Å²) in [6.07, 6.45) is 5.19. The zero-order valence-electron chi connectivity index (χ0n) is 26.9. The molecule has 1 aromatic heterocycles. The van der Waals surface area contributed by atoms with Crippen molar-refractivity contribution in [2.75, 3.05) is 0 Å². The molecule has 0 saturated heterocycles. The van der Waals surface area contributed by atoms with E-state index in [0.29, 0.717) is 12.8 Å². The van der Waals surface area contributed by atoms with Gasteiger partial charge in [0.05, 0.1) is 0 Å².